The summed E-state index contributed by atoms with van der Waals surface area (Å²) in [5, 5.41) is 16.3. The number of nitrogens with one attached hydrogen (secondary N) is 2. The Labute approximate surface area is 151 Å². The van der Waals surface area contributed by atoms with Crippen LogP contribution in [0.5, 0.6) is 0 Å². The fourth-order valence-electron chi connectivity index (χ4n) is 2.21. The zero-order valence-corrected chi connectivity index (χ0v) is 15.0. The van der Waals surface area contributed by atoms with Crippen LogP contribution in [0.15, 0.2) is 53.4 Å². The van der Waals surface area contributed by atoms with Gasteiger partial charge < -0.3 is 10.6 Å². The zero-order chi connectivity index (χ0) is 19.2. The molecule has 0 radical (unpaired) electrons. The summed E-state index contributed by atoms with van der Waals surface area (Å²) in [4.78, 5) is 22.2. The molecule has 2 aromatic carbocycles. The lowest BCUT2D eigenvalue weighted by Crippen LogP contribution is -2.13. The molecule has 0 aliphatic carbocycles. The van der Waals surface area contributed by atoms with E-state index in [4.69, 9.17) is 0 Å². The summed E-state index contributed by atoms with van der Waals surface area (Å²) >= 11 is 0. The quantitative estimate of drug-likeness (QED) is 0.415. The first-order valence-corrected chi connectivity index (χ1v) is 9.73. The molecule has 9 heteroatoms. The number of carbonyl (C=O) groups excluding carboxylic acids is 1. The Morgan fingerprint density at radius 3 is 2.42 bits per heavy atom. The maximum Gasteiger partial charge on any atom is 0.269 e. The summed E-state index contributed by atoms with van der Waals surface area (Å²) < 4.78 is 23.0. The van der Waals surface area contributed by atoms with Crippen molar-refractivity contribution in [1.29, 1.82) is 0 Å². The lowest BCUT2D eigenvalue weighted by molar-refractivity contribution is -0.384. The molecule has 2 N–H and O–H groups in total. The Morgan fingerprint density at radius 1 is 1.12 bits per heavy atom. The van der Waals surface area contributed by atoms with E-state index in [0.29, 0.717) is 18.7 Å². The molecular formula is C17H19N3O5S. The Bertz CT molecular complexity index is 895. The van der Waals surface area contributed by atoms with Gasteiger partial charge in [-0.25, -0.2) is 8.42 Å². The van der Waals surface area contributed by atoms with Gasteiger partial charge in [0.15, 0.2) is 9.84 Å². The SMILES string of the molecule is CS(=O)(=O)c1cccc(NC(=O)CCCNc2ccc([N+](=O)[O-])cc2)c1. The van der Waals surface area contributed by atoms with Crippen LogP contribution in [0.2, 0.25) is 0 Å². The van der Waals surface area contributed by atoms with Crippen molar-refractivity contribution in [2.75, 3.05) is 23.4 Å². The number of hydrogen-bond donors (Lipinski definition) is 2. The number of benzene rings is 2. The van der Waals surface area contributed by atoms with E-state index in [0.717, 1.165) is 11.9 Å². The van der Waals surface area contributed by atoms with Crippen molar-refractivity contribution in [3.63, 3.8) is 0 Å². The molecule has 0 fully saturated rings. The number of rotatable bonds is 8. The maximum atomic E-state index is 11.9. The predicted octanol–water partition coefficient (Wildman–Crippen LogP) is 2.83. The third-order valence-corrected chi connectivity index (χ3v) is 4.64. The van der Waals surface area contributed by atoms with Gasteiger partial charge in [0.25, 0.3) is 5.69 Å². The second-order valence-electron chi connectivity index (χ2n) is 5.68. The van der Waals surface area contributed by atoms with E-state index in [-0.39, 0.29) is 22.9 Å². The largest absolute Gasteiger partial charge is 0.385 e. The van der Waals surface area contributed by atoms with Crippen molar-refractivity contribution in [1.82, 2.24) is 0 Å². The Kier molecular flexibility index (Phi) is 6.29. The van der Waals surface area contributed by atoms with Crippen LogP contribution in [0, 0.1) is 10.1 Å². The van der Waals surface area contributed by atoms with E-state index in [9.17, 15) is 23.3 Å². The number of non-ortho nitro benzene ring substituents is 1. The summed E-state index contributed by atoms with van der Waals surface area (Å²) in [5.74, 6) is -0.221. The van der Waals surface area contributed by atoms with Gasteiger partial charge in [0.1, 0.15) is 0 Å². The third-order valence-electron chi connectivity index (χ3n) is 3.53. The van der Waals surface area contributed by atoms with Gasteiger partial charge in [0.2, 0.25) is 5.91 Å². The minimum absolute atomic E-state index is 0.0197. The lowest BCUT2D eigenvalue weighted by atomic mass is 10.2. The Hall–Kier alpha value is -2.94. The van der Waals surface area contributed by atoms with E-state index in [1.54, 1.807) is 24.3 Å². The average Bonchev–Trinajstić information content (AvgIpc) is 2.58. The molecule has 0 atom stereocenters. The molecule has 0 aliphatic rings. The van der Waals surface area contributed by atoms with Crippen LogP contribution in [0.4, 0.5) is 17.1 Å². The van der Waals surface area contributed by atoms with E-state index >= 15 is 0 Å². The number of carbonyl (C=O) groups is 1. The van der Waals surface area contributed by atoms with Crippen LogP contribution >= 0.6 is 0 Å². The number of nitrogens with zero attached hydrogens (tertiary/aromatic N) is 1. The predicted molar refractivity (Wildman–Crippen MR) is 99.0 cm³/mol. The molecule has 0 unspecified atom stereocenters. The van der Waals surface area contributed by atoms with Crippen molar-refractivity contribution >= 4 is 32.8 Å². The Balaban J connectivity index is 1.78. The molecule has 0 saturated carbocycles. The van der Waals surface area contributed by atoms with Gasteiger partial charge >= 0.3 is 0 Å². The van der Waals surface area contributed by atoms with Crippen molar-refractivity contribution < 1.29 is 18.1 Å². The van der Waals surface area contributed by atoms with Gasteiger partial charge in [-0.05, 0) is 36.8 Å². The first-order valence-electron chi connectivity index (χ1n) is 7.84. The molecule has 0 saturated heterocycles. The molecule has 0 aliphatic heterocycles. The van der Waals surface area contributed by atoms with Crippen molar-refractivity contribution in [3.05, 3.63) is 58.6 Å². The highest BCUT2D eigenvalue weighted by atomic mass is 32.2. The van der Waals surface area contributed by atoms with Gasteiger partial charge in [-0.1, -0.05) is 6.07 Å². The zero-order valence-electron chi connectivity index (χ0n) is 14.1. The molecule has 2 rings (SSSR count). The summed E-state index contributed by atoms with van der Waals surface area (Å²) in [6, 6.07) is 12.1. The van der Waals surface area contributed by atoms with E-state index in [2.05, 4.69) is 10.6 Å². The first kappa shape index (κ1) is 19.4. The van der Waals surface area contributed by atoms with Crippen molar-refractivity contribution in [2.24, 2.45) is 0 Å². The highest BCUT2D eigenvalue weighted by Crippen LogP contribution is 2.17. The summed E-state index contributed by atoms with van der Waals surface area (Å²) in [7, 11) is -3.32. The van der Waals surface area contributed by atoms with Crippen molar-refractivity contribution in [3.8, 4) is 0 Å². The van der Waals surface area contributed by atoms with Gasteiger partial charge in [0, 0.05) is 42.7 Å². The summed E-state index contributed by atoms with van der Waals surface area (Å²) in [6.45, 7) is 0.522. The van der Waals surface area contributed by atoms with Crippen LogP contribution in [0.1, 0.15) is 12.8 Å². The summed E-state index contributed by atoms with van der Waals surface area (Å²) in [5.41, 5.74) is 1.18. The lowest BCUT2D eigenvalue weighted by Gasteiger charge is -2.08. The number of anilines is 2. The molecule has 26 heavy (non-hydrogen) atoms. The third kappa shape index (κ3) is 5.85. The monoisotopic (exact) mass is 377 g/mol. The smallest absolute Gasteiger partial charge is 0.269 e. The molecule has 0 heterocycles. The molecule has 2 aromatic rings. The van der Waals surface area contributed by atoms with Crippen LogP contribution in [-0.4, -0.2) is 32.0 Å². The molecule has 8 nitrogen and oxygen atoms in total. The molecule has 0 spiro atoms. The highest BCUT2D eigenvalue weighted by molar-refractivity contribution is 7.90. The van der Waals surface area contributed by atoms with Gasteiger partial charge in [0.05, 0.1) is 9.82 Å². The number of nitro groups is 1. The van der Waals surface area contributed by atoms with Crippen molar-refractivity contribution in [2.45, 2.75) is 17.7 Å². The Morgan fingerprint density at radius 2 is 1.81 bits per heavy atom. The van der Waals surface area contributed by atoms with Gasteiger partial charge in [-0.3, -0.25) is 14.9 Å². The van der Waals surface area contributed by atoms with Crippen LogP contribution in [0.25, 0.3) is 0 Å². The van der Waals surface area contributed by atoms with E-state index in [1.165, 1.54) is 24.3 Å². The fraction of sp³-hybridized carbons (Fsp3) is 0.235. The van der Waals surface area contributed by atoms with Crippen LogP contribution in [-0.2, 0) is 14.6 Å². The highest BCUT2D eigenvalue weighted by Gasteiger charge is 2.09. The van der Waals surface area contributed by atoms with Gasteiger partial charge in [-0.15, -0.1) is 0 Å². The van der Waals surface area contributed by atoms with Crippen LogP contribution in [0.3, 0.4) is 0 Å². The maximum absolute atomic E-state index is 11.9. The normalized spacial score (nSPS) is 11.0. The number of amides is 1. The number of sulfone groups is 1. The second-order valence-corrected chi connectivity index (χ2v) is 7.70. The topological polar surface area (TPSA) is 118 Å². The molecular weight excluding hydrogens is 358 g/mol. The summed E-state index contributed by atoms with van der Waals surface area (Å²) in [6.07, 6.45) is 1.91. The second kappa shape index (κ2) is 8.43. The minimum Gasteiger partial charge on any atom is -0.385 e. The number of nitro benzene ring substituents is 1. The fourth-order valence-corrected chi connectivity index (χ4v) is 2.88. The number of hydrogen-bond acceptors (Lipinski definition) is 6. The first-order chi connectivity index (χ1) is 12.3. The van der Waals surface area contributed by atoms with E-state index < -0.39 is 14.8 Å². The molecule has 0 bridgehead atoms. The molecule has 1 amide bonds. The molecule has 0 aromatic heterocycles. The standard InChI is InChI=1S/C17H19N3O5S/c1-26(24,25)16-5-2-4-14(12-16)19-17(21)6-3-11-18-13-7-9-15(10-8-13)20(22)23/h2,4-5,7-10,12,18H,3,6,11H2,1H3,(H,19,21). The molecule has 138 valence electrons. The van der Waals surface area contributed by atoms with E-state index in [1.807, 2.05) is 0 Å². The minimum atomic E-state index is -3.32. The van der Waals surface area contributed by atoms with Gasteiger partial charge in [-0.2, -0.15) is 0 Å². The van der Waals surface area contributed by atoms with Crippen LogP contribution < -0.4 is 10.6 Å². The average molecular weight is 377 g/mol.